The second kappa shape index (κ2) is 11.7. The lowest BCUT2D eigenvalue weighted by molar-refractivity contribution is -0.139. The summed E-state index contributed by atoms with van der Waals surface area (Å²) in [6.45, 7) is 0.395. The molecule has 1 unspecified atom stereocenters. The fourth-order valence-corrected chi connectivity index (χ4v) is 3.94. The molecule has 3 aromatic rings. The molecule has 0 aliphatic carbocycles. The van der Waals surface area contributed by atoms with Crippen LogP contribution in [-0.4, -0.2) is 44.4 Å². The molecule has 0 saturated carbocycles. The predicted molar refractivity (Wildman–Crippen MR) is 130 cm³/mol. The number of carbonyl (C=O) groups is 2. The Balaban J connectivity index is 1.84. The van der Waals surface area contributed by atoms with Crippen molar-refractivity contribution in [1.29, 1.82) is 0 Å². The number of aliphatic carboxylic acids is 1. The van der Waals surface area contributed by atoms with E-state index < -0.39 is 29.3 Å². The molecule has 3 aromatic carbocycles. The smallest absolute Gasteiger partial charge is 0.326 e. The minimum atomic E-state index is -1.29. The first kappa shape index (κ1) is 26.0. The zero-order valence-electron chi connectivity index (χ0n) is 19.4. The van der Waals surface area contributed by atoms with E-state index in [1.165, 1.54) is 12.1 Å². The molecule has 1 atom stereocenters. The summed E-state index contributed by atoms with van der Waals surface area (Å²) in [4.78, 5) is 24.3. The molecule has 0 aliphatic heterocycles. The SMILES string of the molecule is COCc1cc(OC)c(-c2ccc(CC(NC(=O)c3c(F)cccc3Cl)C(=O)O)cc2)c(OC)c1. The quantitative estimate of drug-likeness (QED) is 0.417. The molecule has 1 amide bonds. The number of hydrogen-bond donors (Lipinski definition) is 2. The number of nitrogens with one attached hydrogen (secondary N) is 1. The van der Waals surface area contributed by atoms with Gasteiger partial charge in [0.2, 0.25) is 0 Å². The van der Waals surface area contributed by atoms with Crippen molar-refractivity contribution >= 4 is 23.5 Å². The van der Waals surface area contributed by atoms with Gasteiger partial charge in [0, 0.05) is 13.5 Å². The molecule has 0 aliphatic rings. The molecule has 2 N–H and O–H groups in total. The van der Waals surface area contributed by atoms with Gasteiger partial charge in [-0.2, -0.15) is 0 Å². The van der Waals surface area contributed by atoms with E-state index in [1.807, 2.05) is 12.1 Å². The van der Waals surface area contributed by atoms with Gasteiger partial charge in [-0.3, -0.25) is 4.79 Å². The van der Waals surface area contributed by atoms with Crippen molar-refractivity contribution < 1.29 is 33.3 Å². The number of benzene rings is 3. The highest BCUT2D eigenvalue weighted by Crippen LogP contribution is 2.40. The summed E-state index contributed by atoms with van der Waals surface area (Å²) in [5, 5.41) is 11.9. The summed E-state index contributed by atoms with van der Waals surface area (Å²) >= 11 is 5.92. The average molecular weight is 502 g/mol. The highest BCUT2D eigenvalue weighted by atomic mass is 35.5. The zero-order chi connectivity index (χ0) is 25.5. The van der Waals surface area contributed by atoms with Crippen LogP contribution >= 0.6 is 11.6 Å². The lowest BCUT2D eigenvalue weighted by Crippen LogP contribution is -2.42. The third-order valence-corrected chi connectivity index (χ3v) is 5.67. The Morgan fingerprint density at radius 2 is 1.63 bits per heavy atom. The van der Waals surface area contributed by atoms with Crippen molar-refractivity contribution in [1.82, 2.24) is 5.32 Å². The molecule has 184 valence electrons. The fourth-order valence-electron chi connectivity index (χ4n) is 3.69. The maximum atomic E-state index is 14.1. The van der Waals surface area contributed by atoms with Crippen LogP contribution in [0.25, 0.3) is 11.1 Å². The van der Waals surface area contributed by atoms with E-state index >= 15 is 0 Å². The summed E-state index contributed by atoms with van der Waals surface area (Å²) in [7, 11) is 4.72. The Morgan fingerprint density at radius 1 is 1.00 bits per heavy atom. The van der Waals surface area contributed by atoms with Crippen LogP contribution in [0.3, 0.4) is 0 Å². The number of halogens is 2. The summed E-state index contributed by atoms with van der Waals surface area (Å²) in [6, 6.07) is 13.3. The number of amides is 1. The molecule has 0 bridgehead atoms. The van der Waals surface area contributed by atoms with Gasteiger partial charge in [0.05, 0.1) is 37.0 Å². The number of carbonyl (C=O) groups excluding carboxylic acids is 1. The average Bonchev–Trinajstić information content (AvgIpc) is 2.83. The highest BCUT2D eigenvalue weighted by molar-refractivity contribution is 6.33. The first-order valence-corrected chi connectivity index (χ1v) is 11.0. The summed E-state index contributed by atoms with van der Waals surface area (Å²) < 4.78 is 30.4. The maximum Gasteiger partial charge on any atom is 0.326 e. The van der Waals surface area contributed by atoms with Crippen LogP contribution in [0.15, 0.2) is 54.6 Å². The van der Waals surface area contributed by atoms with Crippen LogP contribution in [0.2, 0.25) is 5.02 Å². The van der Waals surface area contributed by atoms with Gasteiger partial charge in [-0.15, -0.1) is 0 Å². The lowest BCUT2D eigenvalue weighted by atomic mass is 9.98. The van der Waals surface area contributed by atoms with Gasteiger partial charge < -0.3 is 24.6 Å². The maximum absolute atomic E-state index is 14.1. The van der Waals surface area contributed by atoms with Gasteiger partial charge in [0.1, 0.15) is 23.4 Å². The van der Waals surface area contributed by atoms with E-state index in [0.29, 0.717) is 23.7 Å². The van der Waals surface area contributed by atoms with Gasteiger partial charge in [-0.05, 0) is 41.0 Å². The van der Waals surface area contributed by atoms with E-state index in [4.69, 9.17) is 25.8 Å². The van der Waals surface area contributed by atoms with E-state index in [-0.39, 0.29) is 11.4 Å². The minimum absolute atomic E-state index is 0.0194. The van der Waals surface area contributed by atoms with Crippen LogP contribution in [-0.2, 0) is 22.6 Å². The third-order valence-electron chi connectivity index (χ3n) is 5.35. The molecule has 0 fully saturated rings. The van der Waals surface area contributed by atoms with E-state index in [1.54, 1.807) is 45.6 Å². The normalized spacial score (nSPS) is 11.6. The number of ether oxygens (including phenoxy) is 3. The molecule has 7 nitrogen and oxygen atoms in total. The fraction of sp³-hybridized carbons (Fsp3) is 0.231. The van der Waals surface area contributed by atoms with Gasteiger partial charge in [0.15, 0.2) is 0 Å². The molecule has 0 aromatic heterocycles. The van der Waals surface area contributed by atoms with Gasteiger partial charge in [0.25, 0.3) is 5.91 Å². The Hall–Kier alpha value is -3.62. The first-order chi connectivity index (χ1) is 16.8. The molecule has 0 radical (unpaired) electrons. The summed E-state index contributed by atoms with van der Waals surface area (Å²) in [6.07, 6.45) is -0.0194. The molecule has 0 spiro atoms. The molecular weight excluding hydrogens is 477 g/mol. The molecule has 0 saturated heterocycles. The monoisotopic (exact) mass is 501 g/mol. The topological polar surface area (TPSA) is 94.1 Å². The van der Waals surface area contributed by atoms with Crippen LogP contribution in [0.5, 0.6) is 11.5 Å². The third kappa shape index (κ3) is 6.09. The number of methoxy groups -OCH3 is 3. The molecule has 0 heterocycles. The second-order valence-corrected chi connectivity index (χ2v) is 8.08. The number of carboxylic acid groups (broad SMARTS) is 1. The Bertz CT molecular complexity index is 1170. The lowest BCUT2D eigenvalue weighted by Gasteiger charge is -2.17. The van der Waals surface area contributed by atoms with Crippen LogP contribution in [0.1, 0.15) is 21.5 Å². The van der Waals surface area contributed by atoms with Crippen LogP contribution in [0.4, 0.5) is 4.39 Å². The standard InChI is InChI=1S/C26H25ClFNO6/c1-33-14-16-12-21(34-2)23(22(13-16)35-3)17-9-7-15(8-10-17)11-20(26(31)32)29-25(30)24-18(27)5-4-6-19(24)28/h4-10,12-13,20H,11,14H2,1-3H3,(H,29,30)(H,31,32). The zero-order valence-corrected chi connectivity index (χ0v) is 20.2. The summed E-state index contributed by atoms with van der Waals surface area (Å²) in [5.74, 6) is -1.79. The van der Waals surface area contributed by atoms with Gasteiger partial charge >= 0.3 is 5.97 Å². The van der Waals surface area contributed by atoms with Crippen molar-refractivity contribution in [2.45, 2.75) is 19.1 Å². The summed E-state index contributed by atoms with van der Waals surface area (Å²) in [5.41, 5.74) is 2.66. The van der Waals surface area contributed by atoms with E-state index in [2.05, 4.69) is 5.32 Å². The van der Waals surface area contributed by atoms with Gasteiger partial charge in [-0.25, -0.2) is 9.18 Å². The molecule has 3 rings (SSSR count). The molecule has 9 heteroatoms. The van der Waals surface area contributed by atoms with Crippen molar-refractivity contribution in [3.05, 3.63) is 82.1 Å². The minimum Gasteiger partial charge on any atom is -0.496 e. The Labute approximate surface area is 207 Å². The van der Waals surface area contributed by atoms with Gasteiger partial charge in [-0.1, -0.05) is 41.9 Å². The molecule has 35 heavy (non-hydrogen) atoms. The number of carboxylic acids is 1. The predicted octanol–water partition coefficient (Wildman–Crippen LogP) is 4.74. The second-order valence-electron chi connectivity index (χ2n) is 7.67. The van der Waals surface area contributed by atoms with E-state index in [0.717, 1.165) is 22.8 Å². The van der Waals surface area contributed by atoms with Crippen LogP contribution < -0.4 is 14.8 Å². The first-order valence-electron chi connectivity index (χ1n) is 10.6. The van der Waals surface area contributed by atoms with Crippen molar-refractivity contribution in [2.24, 2.45) is 0 Å². The van der Waals surface area contributed by atoms with Crippen molar-refractivity contribution in [2.75, 3.05) is 21.3 Å². The largest absolute Gasteiger partial charge is 0.496 e. The number of rotatable bonds is 10. The van der Waals surface area contributed by atoms with Crippen LogP contribution in [0, 0.1) is 5.82 Å². The highest BCUT2D eigenvalue weighted by Gasteiger charge is 2.24. The van der Waals surface area contributed by atoms with Crippen molar-refractivity contribution in [3.8, 4) is 22.6 Å². The number of hydrogen-bond acceptors (Lipinski definition) is 5. The van der Waals surface area contributed by atoms with E-state index in [9.17, 15) is 19.1 Å². The Morgan fingerprint density at radius 3 is 2.14 bits per heavy atom. The Kier molecular flexibility index (Phi) is 8.68. The molecular formula is C26H25ClFNO6. The van der Waals surface area contributed by atoms with Crippen molar-refractivity contribution in [3.63, 3.8) is 0 Å².